The standard InChI is InChI=1S/C12H13N7O3/c1-4-22-7-15-11-8(5-13)10(16-18(11)3)12-14-6-9(17(12)2)19(20)21/h6-7H,4H2,1-3H3. The molecule has 0 amide bonds. The lowest BCUT2D eigenvalue weighted by Gasteiger charge is -1.96. The third-order valence-corrected chi connectivity index (χ3v) is 2.91. The van der Waals surface area contributed by atoms with Crippen LogP contribution in [0.4, 0.5) is 11.6 Å². The molecule has 0 aliphatic heterocycles. The highest BCUT2D eigenvalue weighted by Gasteiger charge is 2.26. The van der Waals surface area contributed by atoms with E-state index in [1.165, 1.54) is 22.7 Å². The van der Waals surface area contributed by atoms with Crippen molar-refractivity contribution in [2.75, 3.05) is 6.61 Å². The number of hydrogen-bond donors (Lipinski definition) is 0. The van der Waals surface area contributed by atoms with Gasteiger partial charge in [-0.2, -0.15) is 15.4 Å². The van der Waals surface area contributed by atoms with Gasteiger partial charge in [0.15, 0.2) is 17.9 Å². The zero-order valence-corrected chi connectivity index (χ0v) is 12.2. The van der Waals surface area contributed by atoms with Crippen LogP contribution in [0.5, 0.6) is 0 Å². The van der Waals surface area contributed by atoms with E-state index < -0.39 is 4.92 Å². The number of aryl methyl sites for hydroxylation is 1. The number of imidazole rings is 1. The first-order valence-electron chi connectivity index (χ1n) is 6.28. The predicted molar refractivity (Wildman–Crippen MR) is 76.6 cm³/mol. The molecule has 0 atom stereocenters. The number of aromatic nitrogens is 4. The van der Waals surface area contributed by atoms with Crippen molar-refractivity contribution in [3.63, 3.8) is 0 Å². The second-order valence-corrected chi connectivity index (χ2v) is 4.23. The maximum Gasteiger partial charge on any atom is 0.342 e. The van der Waals surface area contributed by atoms with Crippen LogP contribution in [0.2, 0.25) is 0 Å². The molecule has 2 aromatic heterocycles. The summed E-state index contributed by atoms with van der Waals surface area (Å²) >= 11 is 0. The van der Waals surface area contributed by atoms with Gasteiger partial charge in [-0.3, -0.25) is 0 Å². The number of ether oxygens (including phenoxy) is 1. The van der Waals surface area contributed by atoms with Crippen molar-refractivity contribution < 1.29 is 9.66 Å². The van der Waals surface area contributed by atoms with E-state index in [-0.39, 0.29) is 28.7 Å². The SMILES string of the molecule is CCOC=Nc1c(C#N)c(-c2ncc([N+](=O)[O-])n2C)nn1C. The zero-order chi connectivity index (χ0) is 16.3. The number of rotatable bonds is 5. The summed E-state index contributed by atoms with van der Waals surface area (Å²) in [7, 11) is 3.10. The highest BCUT2D eigenvalue weighted by molar-refractivity contribution is 5.71. The molecule has 0 N–H and O–H groups in total. The van der Waals surface area contributed by atoms with Gasteiger partial charge in [-0.1, -0.05) is 0 Å². The normalized spacial score (nSPS) is 10.8. The molecule has 10 nitrogen and oxygen atoms in total. The second-order valence-electron chi connectivity index (χ2n) is 4.23. The Morgan fingerprint density at radius 3 is 2.86 bits per heavy atom. The molecule has 0 bridgehead atoms. The fourth-order valence-corrected chi connectivity index (χ4v) is 1.87. The van der Waals surface area contributed by atoms with E-state index >= 15 is 0 Å². The quantitative estimate of drug-likeness (QED) is 0.355. The monoisotopic (exact) mass is 303 g/mol. The molecule has 10 heteroatoms. The van der Waals surface area contributed by atoms with Crippen LogP contribution in [0, 0.1) is 21.4 Å². The van der Waals surface area contributed by atoms with Crippen LogP contribution in [0.15, 0.2) is 11.2 Å². The Kier molecular flexibility index (Phi) is 4.17. The Balaban J connectivity index is 2.56. The average Bonchev–Trinajstić information content (AvgIpc) is 3.00. The Morgan fingerprint density at radius 1 is 1.59 bits per heavy atom. The van der Waals surface area contributed by atoms with E-state index in [0.717, 1.165) is 6.20 Å². The van der Waals surface area contributed by atoms with Crippen LogP contribution in [0.25, 0.3) is 11.5 Å². The predicted octanol–water partition coefficient (Wildman–Crippen LogP) is 1.30. The van der Waals surface area contributed by atoms with Gasteiger partial charge in [0.25, 0.3) is 5.82 Å². The number of hydrogen-bond acceptors (Lipinski definition) is 7. The largest absolute Gasteiger partial charge is 0.483 e. The van der Waals surface area contributed by atoms with Gasteiger partial charge in [0.2, 0.25) is 0 Å². The second kappa shape index (κ2) is 6.04. The van der Waals surface area contributed by atoms with E-state index in [0.29, 0.717) is 6.61 Å². The summed E-state index contributed by atoms with van der Waals surface area (Å²) in [6, 6.07) is 2.00. The van der Waals surface area contributed by atoms with Gasteiger partial charge in [-0.25, -0.2) is 14.2 Å². The first kappa shape index (κ1) is 15.2. The van der Waals surface area contributed by atoms with E-state index in [1.54, 1.807) is 14.0 Å². The topological polar surface area (TPSA) is 124 Å². The molecule has 0 radical (unpaired) electrons. The van der Waals surface area contributed by atoms with Crippen molar-refractivity contribution in [1.82, 2.24) is 19.3 Å². The van der Waals surface area contributed by atoms with Crippen molar-refractivity contribution in [2.45, 2.75) is 6.92 Å². The van der Waals surface area contributed by atoms with Crippen molar-refractivity contribution in [2.24, 2.45) is 19.1 Å². The molecule has 2 rings (SSSR count). The van der Waals surface area contributed by atoms with Crippen molar-refractivity contribution in [1.29, 1.82) is 5.26 Å². The third kappa shape index (κ3) is 2.51. The van der Waals surface area contributed by atoms with Crippen molar-refractivity contribution in [3.05, 3.63) is 21.9 Å². The van der Waals surface area contributed by atoms with Gasteiger partial charge >= 0.3 is 5.82 Å². The van der Waals surface area contributed by atoms with Crippen LogP contribution in [0.3, 0.4) is 0 Å². The van der Waals surface area contributed by atoms with Gasteiger partial charge in [-0.05, 0) is 11.8 Å². The summed E-state index contributed by atoms with van der Waals surface area (Å²) < 4.78 is 7.67. The van der Waals surface area contributed by atoms with Crippen LogP contribution >= 0.6 is 0 Å². The van der Waals surface area contributed by atoms with E-state index in [4.69, 9.17) is 4.74 Å². The van der Waals surface area contributed by atoms with Gasteiger partial charge in [0.1, 0.15) is 17.8 Å². The number of aliphatic imine (C=N–C) groups is 1. The molecule has 0 saturated heterocycles. The fraction of sp³-hybridized carbons (Fsp3) is 0.333. The molecule has 114 valence electrons. The van der Waals surface area contributed by atoms with Crippen LogP contribution in [0.1, 0.15) is 12.5 Å². The Labute approximate surface area is 125 Å². The minimum atomic E-state index is -0.556. The molecule has 0 saturated carbocycles. The van der Waals surface area contributed by atoms with E-state index in [9.17, 15) is 15.4 Å². The first-order valence-corrected chi connectivity index (χ1v) is 6.28. The summed E-state index contributed by atoms with van der Waals surface area (Å²) in [6.07, 6.45) is 2.34. The van der Waals surface area contributed by atoms with E-state index in [2.05, 4.69) is 15.1 Å². The first-order chi connectivity index (χ1) is 10.5. The third-order valence-electron chi connectivity index (χ3n) is 2.91. The van der Waals surface area contributed by atoms with Gasteiger partial charge in [0.05, 0.1) is 13.7 Å². The molecule has 0 spiro atoms. The summed E-state index contributed by atoms with van der Waals surface area (Å²) in [4.78, 5) is 18.3. The minimum absolute atomic E-state index is 0.169. The molecular formula is C12H13N7O3. The number of nitro groups is 1. The van der Waals surface area contributed by atoms with Gasteiger partial charge < -0.3 is 14.9 Å². The molecule has 0 aliphatic carbocycles. The summed E-state index contributed by atoms with van der Waals surface area (Å²) in [5.74, 6) is 0.317. The average molecular weight is 303 g/mol. The number of nitriles is 1. The Hall–Kier alpha value is -3.22. The highest BCUT2D eigenvalue weighted by atomic mass is 16.6. The van der Waals surface area contributed by atoms with E-state index in [1.807, 2.05) is 6.07 Å². The van der Waals surface area contributed by atoms with Gasteiger partial charge in [0, 0.05) is 7.05 Å². The maximum absolute atomic E-state index is 10.9. The van der Waals surface area contributed by atoms with Gasteiger partial charge in [-0.15, -0.1) is 0 Å². The lowest BCUT2D eigenvalue weighted by Crippen LogP contribution is -2.00. The maximum atomic E-state index is 10.9. The lowest BCUT2D eigenvalue weighted by atomic mass is 10.2. The van der Waals surface area contributed by atoms with Crippen molar-refractivity contribution in [3.8, 4) is 17.6 Å². The zero-order valence-electron chi connectivity index (χ0n) is 12.2. The molecule has 0 unspecified atom stereocenters. The molecule has 22 heavy (non-hydrogen) atoms. The fourth-order valence-electron chi connectivity index (χ4n) is 1.87. The smallest absolute Gasteiger partial charge is 0.342 e. The summed E-state index contributed by atoms with van der Waals surface area (Å²) in [6.45, 7) is 2.25. The molecule has 0 aromatic carbocycles. The molecule has 2 aromatic rings. The minimum Gasteiger partial charge on any atom is -0.483 e. The molecular weight excluding hydrogens is 290 g/mol. The number of nitrogens with zero attached hydrogens (tertiary/aromatic N) is 7. The van der Waals surface area contributed by atoms with Crippen LogP contribution in [-0.2, 0) is 18.8 Å². The molecule has 0 fully saturated rings. The van der Waals surface area contributed by atoms with Crippen molar-refractivity contribution >= 4 is 18.0 Å². The summed E-state index contributed by atoms with van der Waals surface area (Å²) in [5, 5.41) is 24.4. The Morgan fingerprint density at radius 2 is 2.32 bits per heavy atom. The van der Waals surface area contributed by atoms with Crippen LogP contribution < -0.4 is 0 Å². The molecule has 2 heterocycles. The lowest BCUT2D eigenvalue weighted by molar-refractivity contribution is -0.391. The highest BCUT2D eigenvalue weighted by Crippen LogP contribution is 2.30. The Bertz CT molecular complexity index is 781. The summed E-state index contributed by atoms with van der Waals surface area (Å²) in [5.41, 5.74) is 0.395. The molecule has 0 aliphatic rings. The van der Waals surface area contributed by atoms with Crippen LogP contribution in [-0.4, -0.2) is 37.3 Å².